The van der Waals surface area contributed by atoms with Crippen LogP contribution in [0.1, 0.15) is 373 Å². The maximum atomic E-state index is 13.0. The Hall–Kier alpha value is -5.35. The third kappa shape index (κ3) is 87.8. The van der Waals surface area contributed by atoms with Crippen molar-refractivity contribution in [3.63, 3.8) is 0 Å². The smallest absolute Gasteiger partial charge is 0.361 e. The van der Waals surface area contributed by atoms with Gasteiger partial charge in [-0.15, -0.1) is 0 Å². The fourth-order valence-corrected chi connectivity index (χ4v) is 12.3. The molecule has 0 heterocycles. The third-order valence-electron chi connectivity index (χ3n) is 19.0. The Morgan fingerprint density at radius 1 is 0.290 bits per heavy atom. The number of nitrogens with zero attached hydrogens (tertiary/aromatic N) is 1. The highest BCUT2D eigenvalue weighted by atomic mass is 16.7. The summed E-state index contributed by atoms with van der Waals surface area (Å²) in [5.74, 6) is -2.04. The SMILES string of the molecule is CC/C=C\C/C=C\C/C=C\C/C=C\C/C=C\C/C=C\C/C=C\C/C=C\C/C=C\C/C=C\C/C=C\C/C=C\CCCCCCC(=O)OC(COC(=O)CCCCCCCCCCCCCCCCCCCCCCCCCCCCCCC/C=C\C/C=C\CCCCCCC)COC(OCC[N+](C)(C)C)C(=O)O. The molecule has 0 aliphatic heterocycles. The fraction of sp³-hybridized carbons (Fsp3) is 0.684. The molecule has 107 heavy (non-hydrogen) atoms. The van der Waals surface area contributed by atoms with Crippen LogP contribution in [-0.4, -0.2) is 87.4 Å². The molecule has 0 radical (unpaired) electrons. The Kier molecular flexibility index (Phi) is 81.9. The first-order valence-corrected chi connectivity index (χ1v) is 44.3. The minimum absolute atomic E-state index is 0.176. The summed E-state index contributed by atoms with van der Waals surface area (Å²) in [6.45, 7) is 4.74. The molecule has 0 fully saturated rings. The van der Waals surface area contributed by atoms with E-state index in [0.717, 1.165) is 128 Å². The van der Waals surface area contributed by atoms with Crippen LogP contribution < -0.4 is 0 Å². The molecular weight excluding hydrogens is 1320 g/mol. The number of likely N-dealkylation sites (N-methyl/N-ethyl adjacent to an activating group) is 1. The molecule has 9 heteroatoms. The van der Waals surface area contributed by atoms with Crippen LogP contribution >= 0.6 is 0 Å². The summed E-state index contributed by atoms with van der Waals surface area (Å²) < 4.78 is 23.0. The van der Waals surface area contributed by atoms with E-state index in [1.54, 1.807) is 0 Å². The number of carbonyl (C=O) groups excluding carboxylic acids is 2. The van der Waals surface area contributed by atoms with Gasteiger partial charge in [-0.05, 0) is 135 Å². The molecule has 2 unspecified atom stereocenters. The highest BCUT2D eigenvalue weighted by molar-refractivity contribution is 5.71. The van der Waals surface area contributed by atoms with Crippen LogP contribution in [0.25, 0.3) is 0 Å². The van der Waals surface area contributed by atoms with E-state index in [9.17, 15) is 19.5 Å². The molecule has 0 aromatic rings. The largest absolute Gasteiger partial charge is 0.477 e. The van der Waals surface area contributed by atoms with Gasteiger partial charge in [0.2, 0.25) is 0 Å². The molecule has 2 atom stereocenters. The van der Waals surface area contributed by atoms with Crippen LogP contribution in [0.5, 0.6) is 0 Å². The molecule has 0 rings (SSSR count). The van der Waals surface area contributed by atoms with E-state index in [0.29, 0.717) is 23.9 Å². The lowest BCUT2D eigenvalue weighted by atomic mass is 10.0. The van der Waals surface area contributed by atoms with Crippen LogP contribution in [0.3, 0.4) is 0 Å². The Balaban J connectivity index is 4.06. The molecular formula is C98H166NO8+. The molecule has 0 aromatic heterocycles. The number of carbonyl (C=O) groups is 3. The minimum atomic E-state index is -1.53. The Morgan fingerprint density at radius 2 is 0.533 bits per heavy atom. The number of carboxylic acids is 1. The van der Waals surface area contributed by atoms with E-state index in [1.165, 1.54) is 212 Å². The highest BCUT2D eigenvalue weighted by Crippen LogP contribution is 2.19. The van der Waals surface area contributed by atoms with Gasteiger partial charge in [0, 0.05) is 12.8 Å². The van der Waals surface area contributed by atoms with Crippen molar-refractivity contribution >= 4 is 17.9 Å². The monoisotopic (exact) mass is 1490 g/mol. The zero-order valence-corrected chi connectivity index (χ0v) is 70.0. The van der Waals surface area contributed by atoms with Gasteiger partial charge >= 0.3 is 17.9 Å². The van der Waals surface area contributed by atoms with Gasteiger partial charge in [0.05, 0.1) is 34.4 Å². The molecule has 0 saturated heterocycles. The highest BCUT2D eigenvalue weighted by Gasteiger charge is 2.25. The quantitative estimate of drug-likeness (QED) is 0.0211. The summed E-state index contributed by atoms with van der Waals surface area (Å²) in [5, 5.41) is 9.79. The van der Waals surface area contributed by atoms with Crippen molar-refractivity contribution in [2.24, 2.45) is 0 Å². The van der Waals surface area contributed by atoms with Gasteiger partial charge in [0.25, 0.3) is 6.29 Å². The van der Waals surface area contributed by atoms with Gasteiger partial charge in [-0.2, -0.15) is 0 Å². The molecule has 0 spiro atoms. The van der Waals surface area contributed by atoms with Crippen molar-refractivity contribution in [2.45, 2.75) is 386 Å². The number of esters is 2. The van der Waals surface area contributed by atoms with Crippen molar-refractivity contribution in [1.82, 2.24) is 0 Å². The van der Waals surface area contributed by atoms with Crippen molar-refractivity contribution < 1.29 is 42.9 Å². The normalized spacial score (nSPS) is 13.5. The number of rotatable bonds is 81. The lowest BCUT2D eigenvalue weighted by Gasteiger charge is -2.25. The fourth-order valence-electron chi connectivity index (χ4n) is 12.3. The molecule has 0 aliphatic carbocycles. The van der Waals surface area contributed by atoms with Crippen LogP contribution in [-0.2, 0) is 33.3 Å². The van der Waals surface area contributed by atoms with E-state index in [1.807, 2.05) is 21.1 Å². The molecule has 0 saturated carbocycles. The topological polar surface area (TPSA) is 108 Å². The first-order valence-electron chi connectivity index (χ1n) is 44.3. The number of ether oxygens (including phenoxy) is 4. The summed E-state index contributed by atoms with van der Waals surface area (Å²) in [4.78, 5) is 37.8. The van der Waals surface area contributed by atoms with Gasteiger partial charge in [-0.3, -0.25) is 9.59 Å². The predicted molar refractivity (Wildman–Crippen MR) is 465 cm³/mol. The molecule has 0 amide bonds. The van der Waals surface area contributed by atoms with E-state index < -0.39 is 24.3 Å². The third-order valence-corrected chi connectivity index (χ3v) is 19.0. The van der Waals surface area contributed by atoms with Crippen molar-refractivity contribution in [3.8, 4) is 0 Å². The maximum Gasteiger partial charge on any atom is 0.361 e. The first-order chi connectivity index (χ1) is 52.6. The number of hydrogen-bond acceptors (Lipinski definition) is 7. The van der Waals surface area contributed by atoms with E-state index in [-0.39, 0.29) is 32.2 Å². The number of allylic oxidation sites excluding steroid dienone is 28. The van der Waals surface area contributed by atoms with Gasteiger partial charge in [0.15, 0.2) is 6.10 Å². The minimum Gasteiger partial charge on any atom is -0.477 e. The molecule has 0 bridgehead atoms. The standard InChI is InChI=1S/C98H165NO8/c1-6-8-10-12-14-16-18-20-22-24-26-28-30-32-34-36-38-40-42-44-46-48-50-52-54-56-58-60-62-64-66-68-70-72-74-76-78-80-82-84-86-88-95(100)105-92-94(93-106-98(97(102)103)104-91-90-99(3,4)5)107-96(101)89-87-85-83-81-79-77-75-73-71-69-67-65-63-61-59-57-55-53-51-49-47-45-43-41-39-37-35-33-31-29-27-25-23-21-19-17-15-13-11-9-7-2/h9,11,15,17-18,20-21,23-24,26-27,29,33,35,39,41,45,47,51,53,57,59,63,65,69,71,75,77,94,98H,6-8,10,12-14,16,19,22,25,28,30-32,34,36-38,40,42-44,46,48-50,52,54-56,58,60-62,64,66-68,70,72-74,76,78-93H2,1-5H3/p+1/b11-9-,17-15-,20-18-,23-21-,26-24-,29-27-,35-33-,41-39-,47-45-,53-51-,59-57-,65-63-,71-69-,77-75-. The van der Waals surface area contributed by atoms with Gasteiger partial charge < -0.3 is 28.5 Å². The Morgan fingerprint density at radius 3 is 0.794 bits per heavy atom. The Bertz CT molecular complexity index is 2380. The number of unbranched alkanes of at least 4 members (excludes halogenated alkanes) is 38. The summed E-state index contributed by atoms with van der Waals surface area (Å²) in [6.07, 6.45) is 127. The van der Waals surface area contributed by atoms with Crippen molar-refractivity contribution in [2.75, 3.05) is 47.5 Å². The summed E-state index contributed by atoms with van der Waals surface area (Å²) in [6, 6.07) is 0. The van der Waals surface area contributed by atoms with Crippen LogP contribution in [0.2, 0.25) is 0 Å². The molecule has 9 nitrogen and oxygen atoms in total. The number of hydrogen-bond donors (Lipinski definition) is 1. The summed E-state index contributed by atoms with van der Waals surface area (Å²) in [5.41, 5.74) is 0. The van der Waals surface area contributed by atoms with Gasteiger partial charge in [-0.1, -0.05) is 396 Å². The van der Waals surface area contributed by atoms with E-state index in [2.05, 4.69) is 184 Å². The first kappa shape index (κ1) is 102. The second kappa shape index (κ2) is 86.2. The second-order valence-electron chi connectivity index (χ2n) is 30.5. The number of aliphatic carboxylic acids is 1. The average Bonchev–Trinajstić information content (AvgIpc) is 0.965. The van der Waals surface area contributed by atoms with Crippen LogP contribution in [0, 0.1) is 0 Å². The van der Waals surface area contributed by atoms with Crippen LogP contribution in [0.15, 0.2) is 170 Å². The molecule has 1 N–H and O–H groups in total. The lowest BCUT2D eigenvalue weighted by molar-refractivity contribution is -0.870. The van der Waals surface area contributed by atoms with Gasteiger partial charge in [-0.25, -0.2) is 4.79 Å². The lowest BCUT2D eigenvalue weighted by Crippen LogP contribution is -2.40. The van der Waals surface area contributed by atoms with Crippen molar-refractivity contribution in [1.29, 1.82) is 0 Å². The number of quaternary nitrogens is 1. The van der Waals surface area contributed by atoms with E-state index in [4.69, 9.17) is 18.9 Å². The summed E-state index contributed by atoms with van der Waals surface area (Å²) >= 11 is 0. The van der Waals surface area contributed by atoms with E-state index >= 15 is 0 Å². The van der Waals surface area contributed by atoms with Crippen LogP contribution in [0.4, 0.5) is 0 Å². The summed E-state index contributed by atoms with van der Waals surface area (Å²) in [7, 11) is 5.97. The molecule has 610 valence electrons. The Labute approximate surface area is 660 Å². The van der Waals surface area contributed by atoms with Crippen molar-refractivity contribution in [3.05, 3.63) is 170 Å². The van der Waals surface area contributed by atoms with Gasteiger partial charge in [0.1, 0.15) is 13.2 Å². The second-order valence-corrected chi connectivity index (χ2v) is 30.5. The number of carboxylic acid groups (broad SMARTS) is 1. The molecule has 0 aromatic carbocycles. The predicted octanol–water partition coefficient (Wildman–Crippen LogP) is 29.3. The molecule has 0 aliphatic rings. The average molecular weight is 1490 g/mol. The zero-order valence-electron chi connectivity index (χ0n) is 70.0. The zero-order chi connectivity index (χ0) is 77.4. The maximum absolute atomic E-state index is 13.0.